The highest BCUT2D eigenvalue weighted by atomic mass is 16.5. The normalized spacial score (nSPS) is 14.2. The van der Waals surface area contributed by atoms with Gasteiger partial charge in [0.15, 0.2) is 6.61 Å². The maximum absolute atomic E-state index is 12.2. The van der Waals surface area contributed by atoms with Gasteiger partial charge in [-0.1, -0.05) is 13.8 Å². The number of benzene rings is 1. The first-order valence-corrected chi connectivity index (χ1v) is 9.02. The molecule has 7 nitrogen and oxygen atoms in total. The van der Waals surface area contributed by atoms with Crippen LogP contribution in [0.15, 0.2) is 21.3 Å². The summed E-state index contributed by atoms with van der Waals surface area (Å²) in [4.78, 5) is 35.4. The molecule has 0 saturated carbocycles. The van der Waals surface area contributed by atoms with Crippen LogP contribution < -0.4 is 15.7 Å². The molecule has 1 heterocycles. The number of carbonyl (C=O) groups excluding carboxylic acids is 1. The number of fused-ring (bicyclic) bond motifs is 3. The molecule has 0 radical (unpaired) electrons. The van der Waals surface area contributed by atoms with Gasteiger partial charge >= 0.3 is 11.6 Å². The average molecular weight is 373 g/mol. The number of carboxylic acids is 1. The lowest BCUT2D eigenvalue weighted by molar-refractivity contribution is -0.143. The molecule has 2 aromatic rings. The van der Waals surface area contributed by atoms with E-state index in [0.717, 1.165) is 35.8 Å². The van der Waals surface area contributed by atoms with Crippen molar-refractivity contribution in [2.45, 2.75) is 46.1 Å². The van der Waals surface area contributed by atoms with Crippen LogP contribution in [0.1, 0.15) is 37.0 Å². The first-order valence-electron chi connectivity index (χ1n) is 9.02. The summed E-state index contributed by atoms with van der Waals surface area (Å²) in [6.07, 6.45) is 2.54. The highest BCUT2D eigenvalue weighted by Gasteiger charge is 2.24. The highest BCUT2D eigenvalue weighted by Crippen LogP contribution is 2.32. The number of aryl methyl sites for hydroxylation is 2. The third-order valence-corrected chi connectivity index (χ3v) is 4.95. The van der Waals surface area contributed by atoms with Gasteiger partial charge in [-0.3, -0.25) is 4.79 Å². The Morgan fingerprint density at radius 1 is 1.26 bits per heavy atom. The molecule has 1 atom stereocenters. The number of carboxylic acid groups (broad SMARTS) is 1. The number of carbonyl (C=O) groups is 2. The molecule has 0 fully saturated rings. The van der Waals surface area contributed by atoms with Crippen LogP contribution in [0.2, 0.25) is 0 Å². The van der Waals surface area contributed by atoms with Crippen LogP contribution in [-0.2, 0) is 22.4 Å². The SMILES string of the molecule is Cc1c(OCC(=O)N[C@H](C(=O)O)C(C)C)ccc2c3c(c(=O)oc12)CCC3. The molecule has 144 valence electrons. The molecular formula is C20H23NO6. The molecule has 1 aliphatic rings. The second-order valence-electron chi connectivity index (χ2n) is 7.18. The number of nitrogens with one attached hydrogen (secondary N) is 1. The third kappa shape index (κ3) is 3.67. The summed E-state index contributed by atoms with van der Waals surface area (Å²) in [7, 11) is 0. The molecule has 0 saturated heterocycles. The zero-order valence-corrected chi connectivity index (χ0v) is 15.6. The quantitative estimate of drug-likeness (QED) is 0.752. The van der Waals surface area contributed by atoms with Crippen molar-refractivity contribution in [2.75, 3.05) is 6.61 Å². The highest BCUT2D eigenvalue weighted by molar-refractivity contribution is 5.87. The molecule has 1 aliphatic carbocycles. The maximum atomic E-state index is 12.2. The lowest BCUT2D eigenvalue weighted by atomic mass is 10.0. The molecule has 27 heavy (non-hydrogen) atoms. The van der Waals surface area contributed by atoms with E-state index in [1.54, 1.807) is 26.8 Å². The summed E-state index contributed by atoms with van der Waals surface area (Å²) in [6.45, 7) is 4.88. The van der Waals surface area contributed by atoms with Gasteiger partial charge in [0.1, 0.15) is 17.4 Å². The molecule has 1 aromatic carbocycles. The van der Waals surface area contributed by atoms with Crippen LogP contribution in [0.25, 0.3) is 11.0 Å². The number of hydrogen-bond acceptors (Lipinski definition) is 5. The lowest BCUT2D eigenvalue weighted by Crippen LogP contribution is -2.46. The van der Waals surface area contributed by atoms with Crippen LogP contribution in [0.3, 0.4) is 0 Å². The van der Waals surface area contributed by atoms with Gasteiger partial charge < -0.3 is 19.6 Å². The Kier molecular flexibility index (Phi) is 5.21. The van der Waals surface area contributed by atoms with E-state index < -0.39 is 17.9 Å². The van der Waals surface area contributed by atoms with E-state index >= 15 is 0 Å². The van der Waals surface area contributed by atoms with Gasteiger partial charge in [0, 0.05) is 16.5 Å². The minimum Gasteiger partial charge on any atom is -0.483 e. The largest absolute Gasteiger partial charge is 0.483 e. The molecule has 2 N–H and O–H groups in total. The smallest absolute Gasteiger partial charge is 0.339 e. The maximum Gasteiger partial charge on any atom is 0.339 e. The van der Waals surface area contributed by atoms with Crippen LogP contribution in [-0.4, -0.2) is 29.6 Å². The van der Waals surface area contributed by atoms with E-state index in [1.165, 1.54) is 0 Å². The molecular weight excluding hydrogens is 350 g/mol. The Morgan fingerprint density at radius 2 is 1.96 bits per heavy atom. The second kappa shape index (κ2) is 7.42. The van der Waals surface area contributed by atoms with Gasteiger partial charge in [0.2, 0.25) is 0 Å². The van der Waals surface area contributed by atoms with Crippen molar-refractivity contribution in [1.82, 2.24) is 5.32 Å². The number of ether oxygens (including phenoxy) is 1. The van der Waals surface area contributed by atoms with Gasteiger partial charge in [-0.2, -0.15) is 0 Å². The zero-order valence-electron chi connectivity index (χ0n) is 15.6. The monoisotopic (exact) mass is 373 g/mol. The van der Waals surface area contributed by atoms with Crippen molar-refractivity contribution in [3.8, 4) is 5.75 Å². The van der Waals surface area contributed by atoms with E-state index in [4.69, 9.17) is 14.3 Å². The van der Waals surface area contributed by atoms with E-state index in [0.29, 0.717) is 16.9 Å². The Labute approximate surface area is 156 Å². The Bertz CT molecular complexity index is 959. The molecule has 0 spiro atoms. The fourth-order valence-corrected chi connectivity index (χ4v) is 3.49. The molecule has 0 unspecified atom stereocenters. The van der Waals surface area contributed by atoms with Crippen molar-refractivity contribution >= 4 is 22.8 Å². The van der Waals surface area contributed by atoms with Crippen molar-refractivity contribution in [1.29, 1.82) is 0 Å². The minimum atomic E-state index is -1.09. The molecule has 1 aromatic heterocycles. The predicted octanol–water partition coefficient (Wildman–Crippen LogP) is 2.19. The summed E-state index contributed by atoms with van der Waals surface area (Å²) >= 11 is 0. The van der Waals surface area contributed by atoms with E-state index in [2.05, 4.69) is 5.32 Å². The number of hydrogen-bond donors (Lipinski definition) is 2. The summed E-state index contributed by atoms with van der Waals surface area (Å²) in [5.41, 5.74) is 2.60. The summed E-state index contributed by atoms with van der Waals surface area (Å²) in [5, 5.41) is 12.5. The van der Waals surface area contributed by atoms with Gasteiger partial charge in [0.25, 0.3) is 5.91 Å². The Hall–Kier alpha value is -2.83. The lowest BCUT2D eigenvalue weighted by Gasteiger charge is -2.18. The van der Waals surface area contributed by atoms with Crippen molar-refractivity contribution in [3.63, 3.8) is 0 Å². The summed E-state index contributed by atoms with van der Waals surface area (Å²) in [6, 6.07) is 2.62. The first-order chi connectivity index (χ1) is 12.8. The van der Waals surface area contributed by atoms with Gasteiger partial charge in [-0.25, -0.2) is 9.59 Å². The third-order valence-electron chi connectivity index (χ3n) is 4.95. The van der Waals surface area contributed by atoms with Crippen molar-refractivity contribution in [3.05, 3.63) is 39.2 Å². The van der Waals surface area contributed by atoms with E-state index in [9.17, 15) is 14.4 Å². The van der Waals surface area contributed by atoms with Crippen LogP contribution >= 0.6 is 0 Å². The van der Waals surface area contributed by atoms with Gasteiger partial charge in [-0.05, 0) is 49.8 Å². The minimum absolute atomic E-state index is 0.245. The van der Waals surface area contributed by atoms with Crippen molar-refractivity contribution in [2.24, 2.45) is 5.92 Å². The van der Waals surface area contributed by atoms with Crippen LogP contribution in [0, 0.1) is 12.8 Å². The Morgan fingerprint density at radius 3 is 2.63 bits per heavy atom. The molecule has 3 rings (SSSR count). The summed E-state index contributed by atoms with van der Waals surface area (Å²) < 4.78 is 11.1. The van der Waals surface area contributed by atoms with Crippen LogP contribution in [0.5, 0.6) is 5.75 Å². The second-order valence-corrected chi connectivity index (χ2v) is 7.18. The predicted molar refractivity (Wildman–Crippen MR) is 99.1 cm³/mol. The van der Waals surface area contributed by atoms with Crippen LogP contribution in [0.4, 0.5) is 0 Å². The Balaban J connectivity index is 1.79. The number of amides is 1. The fourth-order valence-electron chi connectivity index (χ4n) is 3.49. The van der Waals surface area contributed by atoms with E-state index in [-0.39, 0.29) is 18.2 Å². The summed E-state index contributed by atoms with van der Waals surface area (Å²) in [5.74, 6) is -1.43. The molecule has 7 heteroatoms. The van der Waals surface area contributed by atoms with Gasteiger partial charge in [-0.15, -0.1) is 0 Å². The topological polar surface area (TPSA) is 106 Å². The average Bonchev–Trinajstić information content (AvgIpc) is 3.10. The molecule has 0 bridgehead atoms. The molecule has 0 aliphatic heterocycles. The van der Waals surface area contributed by atoms with Crippen molar-refractivity contribution < 1.29 is 23.8 Å². The van der Waals surface area contributed by atoms with Gasteiger partial charge in [0.05, 0.1) is 0 Å². The number of aliphatic carboxylic acids is 1. The zero-order chi connectivity index (χ0) is 19.7. The standard InChI is InChI=1S/C20H23NO6/c1-10(2)17(19(23)24)21-16(22)9-26-15-8-7-13-12-5-4-6-14(12)20(25)27-18(13)11(15)3/h7-8,10,17H,4-6,9H2,1-3H3,(H,21,22)(H,23,24)/t17-/m0/s1. The van der Waals surface area contributed by atoms with E-state index in [1.807, 2.05) is 6.07 Å². The number of rotatable bonds is 6. The molecule has 1 amide bonds. The first kappa shape index (κ1) is 18.9. The fraction of sp³-hybridized carbons (Fsp3) is 0.450.